The molecule has 0 aliphatic rings. The average molecular weight is 689 g/mol. The third-order valence-corrected chi connectivity index (χ3v) is 10.6. The normalized spacial score (nSPS) is 11.3. The Bertz CT molecular complexity index is 2890. The second-order valence-corrected chi connectivity index (χ2v) is 13.8. The van der Waals surface area contributed by atoms with E-state index in [2.05, 4.69) is 228 Å². The summed E-state index contributed by atoms with van der Waals surface area (Å²) in [4.78, 5) is 2.36. The van der Waals surface area contributed by atoms with Crippen LogP contribution in [0.2, 0.25) is 0 Å². The Morgan fingerprint density at radius 3 is 1.43 bits per heavy atom. The van der Waals surface area contributed by atoms with Crippen LogP contribution >= 0.6 is 0 Å². The summed E-state index contributed by atoms with van der Waals surface area (Å²) in [6.07, 6.45) is 0. The van der Waals surface area contributed by atoms with Crippen molar-refractivity contribution in [1.29, 1.82) is 0 Å². The van der Waals surface area contributed by atoms with Crippen LogP contribution in [-0.2, 0) is 0 Å². The number of rotatable bonds is 7. The van der Waals surface area contributed by atoms with E-state index in [-0.39, 0.29) is 0 Å². The molecule has 0 fully saturated rings. The van der Waals surface area contributed by atoms with Gasteiger partial charge < -0.3 is 9.47 Å². The van der Waals surface area contributed by atoms with Gasteiger partial charge in [-0.1, -0.05) is 158 Å². The fourth-order valence-electron chi connectivity index (χ4n) is 7.86. The van der Waals surface area contributed by atoms with Crippen molar-refractivity contribution < 1.29 is 0 Å². The molecule has 2 nitrogen and oxygen atoms in total. The van der Waals surface area contributed by atoms with Crippen LogP contribution in [0.1, 0.15) is 0 Å². The second-order valence-electron chi connectivity index (χ2n) is 13.8. The molecule has 9 aromatic carbocycles. The van der Waals surface area contributed by atoms with Gasteiger partial charge in [0.25, 0.3) is 0 Å². The van der Waals surface area contributed by atoms with Crippen molar-refractivity contribution in [3.05, 3.63) is 218 Å². The van der Waals surface area contributed by atoms with Crippen molar-refractivity contribution in [2.45, 2.75) is 0 Å². The van der Waals surface area contributed by atoms with Gasteiger partial charge in [0.2, 0.25) is 0 Å². The van der Waals surface area contributed by atoms with Crippen molar-refractivity contribution in [2.24, 2.45) is 0 Å². The summed E-state index contributed by atoms with van der Waals surface area (Å²) in [5.41, 5.74) is 14.0. The zero-order valence-electron chi connectivity index (χ0n) is 29.7. The minimum absolute atomic E-state index is 1.10. The summed E-state index contributed by atoms with van der Waals surface area (Å²) in [5.74, 6) is 0. The molecule has 0 aliphatic heterocycles. The Kier molecular flexibility index (Phi) is 7.85. The van der Waals surface area contributed by atoms with E-state index < -0.39 is 0 Å². The van der Waals surface area contributed by atoms with E-state index in [0.29, 0.717) is 0 Å². The number of aromatic nitrogens is 1. The van der Waals surface area contributed by atoms with E-state index in [1.54, 1.807) is 0 Å². The quantitative estimate of drug-likeness (QED) is 0.162. The fraction of sp³-hybridized carbons (Fsp3) is 0. The van der Waals surface area contributed by atoms with Crippen molar-refractivity contribution >= 4 is 49.6 Å². The van der Waals surface area contributed by atoms with E-state index in [9.17, 15) is 0 Å². The van der Waals surface area contributed by atoms with Crippen molar-refractivity contribution in [2.75, 3.05) is 4.90 Å². The molecule has 0 saturated carbocycles. The van der Waals surface area contributed by atoms with E-state index in [4.69, 9.17) is 0 Å². The topological polar surface area (TPSA) is 8.17 Å². The lowest BCUT2D eigenvalue weighted by Gasteiger charge is -2.26. The average Bonchev–Trinajstić information content (AvgIpc) is 3.58. The standard InChI is InChI=1S/C52H36N2/c1-4-12-37(13-5-1)40-22-29-47(30-23-40)54-51-35-44(38-14-6-2-7-15-38)26-32-49(51)50-33-31-48(36-52(50)54)53(45-18-8-3-9-19-45)46-27-24-41(25-28-46)43-21-20-39-16-10-11-17-42(39)34-43/h1-36H. The molecule has 0 unspecified atom stereocenters. The Balaban J connectivity index is 1.13. The molecule has 10 aromatic rings. The molecule has 0 radical (unpaired) electrons. The summed E-state index contributed by atoms with van der Waals surface area (Å²) in [7, 11) is 0. The van der Waals surface area contributed by atoms with E-state index >= 15 is 0 Å². The lowest BCUT2D eigenvalue weighted by atomic mass is 10.0. The smallest absolute Gasteiger partial charge is 0.0561 e. The predicted molar refractivity (Wildman–Crippen MR) is 229 cm³/mol. The molecule has 0 aliphatic carbocycles. The van der Waals surface area contributed by atoms with Gasteiger partial charge >= 0.3 is 0 Å². The first-order valence-corrected chi connectivity index (χ1v) is 18.5. The minimum atomic E-state index is 1.10. The summed E-state index contributed by atoms with van der Waals surface area (Å²) >= 11 is 0. The maximum Gasteiger partial charge on any atom is 0.0561 e. The summed E-state index contributed by atoms with van der Waals surface area (Å²) in [6.45, 7) is 0. The first kappa shape index (κ1) is 31.6. The first-order valence-electron chi connectivity index (χ1n) is 18.5. The van der Waals surface area contributed by atoms with E-state index in [1.807, 2.05) is 0 Å². The van der Waals surface area contributed by atoms with Gasteiger partial charge in [-0.15, -0.1) is 0 Å². The minimum Gasteiger partial charge on any atom is -0.310 e. The third kappa shape index (κ3) is 5.71. The molecule has 1 heterocycles. The van der Waals surface area contributed by atoms with Crippen molar-refractivity contribution in [3.8, 4) is 39.1 Å². The maximum absolute atomic E-state index is 2.43. The number of hydrogen-bond donors (Lipinski definition) is 0. The molecule has 54 heavy (non-hydrogen) atoms. The molecule has 0 atom stereocenters. The highest BCUT2D eigenvalue weighted by Gasteiger charge is 2.18. The SMILES string of the molecule is c1ccc(-c2ccc(-n3c4cc(-c5ccccc5)ccc4c4ccc(N(c5ccccc5)c5ccc(-c6ccc7ccccc7c6)cc5)cc43)cc2)cc1. The summed E-state index contributed by atoms with van der Waals surface area (Å²) < 4.78 is 2.43. The fourth-order valence-corrected chi connectivity index (χ4v) is 7.86. The number of benzene rings is 9. The van der Waals surface area contributed by atoms with E-state index in [0.717, 1.165) is 28.3 Å². The van der Waals surface area contributed by atoms with Crippen LogP contribution in [0, 0.1) is 0 Å². The molecular formula is C52H36N2. The van der Waals surface area contributed by atoms with Crippen LogP contribution in [-0.4, -0.2) is 4.57 Å². The van der Waals surface area contributed by atoms with Gasteiger partial charge in [-0.05, 0) is 105 Å². The molecule has 2 heteroatoms. The molecule has 254 valence electrons. The monoisotopic (exact) mass is 688 g/mol. The lowest BCUT2D eigenvalue weighted by Crippen LogP contribution is -2.10. The molecule has 0 saturated heterocycles. The Hall–Kier alpha value is -7.16. The van der Waals surface area contributed by atoms with Gasteiger partial charge in [0.15, 0.2) is 0 Å². The van der Waals surface area contributed by atoms with Crippen LogP contribution in [0.25, 0.3) is 71.6 Å². The Morgan fingerprint density at radius 1 is 0.278 bits per heavy atom. The largest absolute Gasteiger partial charge is 0.310 e. The van der Waals surface area contributed by atoms with Gasteiger partial charge in [0.1, 0.15) is 0 Å². The Labute approximate surface area is 315 Å². The summed E-state index contributed by atoms with van der Waals surface area (Å²) in [5, 5.41) is 4.96. The number of anilines is 3. The summed E-state index contributed by atoms with van der Waals surface area (Å²) in [6, 6.07) is 78.9. The molecular weight excluding hydrogens is 653 g/mol. The molecule has 0 amide bonds. The molecule has 0 spiro atoms. The van der Waals surface area contributed by atoms with Gasteiger partial charge in [-0.2, -0.15) is 0 Å². The van der Waals surface area contributed by atoms with Crippen LogP contribution in [0.3, 0.4) is 0 Å². The number of para-hydroxylation sites is 1. The second kappa shape index (κ2) is 13.4. The van der Waals surface area contributed by atoms with Crippen LogP contribution < -0.4 is 4.90 Å². The number of fused-ring (bicyclic) bond motifs is 4. The molecule has 0 N–H and O–H groups in total. The molecule has 0 bridgehead atoms. The van der Waals surface area contributed by atoms with E-state index in [1.165, 1.54) is 60.4 Å². The highest BCUT2D eigenvalue weighted by molar-refractivity contribution is 6.11. The van der Waals surface area contributed by atoms with Gasteiger partial charge in [-0.3, -0.25) is 0 Å². The molecule has 1 aromatic heterocycles. The van der Waals surface area contributed by atoms with Crippen LogP contribution in [0.5, 0.6) is 0 Å². The molecule has 10 rings (SSSR count). The van der Waals surface area contributed by atoms with Crippen LogP contribution in [0.4, 0.5) is 17.1 Å². The highest BCUT2D eigenvalue weighted by atomic mass is 15.1. The lowest BCUT2D eigenvalue weighted by molar-refractivity contribution is 1.18. The number of nitrogens with zero attached hydrogens (tertiary/aromatic N) is 2. The van der Waals surface area contributed by atoms with Crippen LogP contribution in [0.15, 0.2) is 218 Å². The maximum atomic E-state index is 2.43. The van der Waals surface area contributed by atoms with Crippen molar-refractivity contribution in [1.82, 2.24) is 4.57 Å². The van der Waals surface area contributed by atoms with Gasteiger partial charge in [0, 0.05) is 33.5 Å². The zero-order chi connectivity index (χ0) is 35.8. The van der Waals surface area contributed by atoms with Gasteiger partial charge in [-0.25, -0.2) is 0 Å². The predicted octanol–water partition coefficient (Wildman–Crippen LogP) is 14.4. The Morgan fingerprint density at radius 2 is 0.722 bits per heavy atom. The van der Waals surface area contributed by atoms with Gasteiger partial charge in [0.05, 0.1) is 11.0 Å². The first-order chi connectivity index (χ1) is 26.8. The highest BCUT2D eigenvalue weighted by Crippen LogP contribution is 2.41. The number of hydrogen-bond acceptors (Lipinski definition) is 1. The third-order valence-electron chi connectivity index (χ3n) is 10.6. The van der Waals surface area contributed by atoms with Crippen molar-refractivity contribution in [3.63, 3.8) is 0 Å². The zero-order valence-corrected chi connectivity index (χ0v) is 29.7.